The van der Waals surface area contributed by atoms with Crippen LogP contribution in [-0.2, 0) is 0 Å². The van der Waals surface area contributed by atoms with Crippen molar-refractivity contribution in [3.05, 3.63) is 104 Å². The van der Waals surface area contributed by atoms with Crippen molar-refractivity contribution in [2.24, 2.45) is 0 Å². The van der Waals surface area contributed by atoms with Crippen molar-refractivity contribution in [3.8, 4) is 0 Å². The van der Waals surface area contributed by atoms with Crippen LogP contribution < -0.4 is 32.9 Å². The molecule has 1 nitrogen and oxygen atoms in total. The molecule has 0 heterocycles. The number of hydrogen-bond donors (Lipinski definition) is 1. The van der Waals surface area contributed by atoms with Crippen molar-refractivity contribution in [1.82, 2.24) is 0 Å². The van der Waals surface area contributed by atoms with Gasteiger partial charge in [0.25, 0.3) is 0 Å². The van der Waals surface area contributed by atoms with Gasteiger partial charge in [-0.1, -0.05) is 61.2 Å². The Bertz CT molecular complexity index is 663. The Balaban J connectivity index is 0.00000208. The van der Waals surface area contributed by atoms with Crippen molar-refractivity contribution in [2.45, 2.75) is 5.85 Å². The maximum atomic E-state index is 11.1. The van der Waals surface area contributed by atoms with Gasteiger partial charge in [0.1, 0.15) is 23.2 Å². The van der Waals surface area contributed by atoms with Gasteiger partial charge in [-0.2, -0.15) is 0 Å². The van der Waals surface area contributed by atoms with Crippen LogP contribution in [0.5, 0.6) is 0 Å². The molecule has 0 saturated carbocycles. The van der Waals surface area contributed by atoms with Gasteiger partial charge in [0.05, 0.1) is 0 Å². The molecule has 1 unspecified atom stereocenters. The van der Waals surface area contributed by atoms with Crippen LogP contribution in [0.4, 0.5) is 0 Å². The lowest BCUT2D eigenvalue weighted by atomic mass is 10.4. The number of rotatable bonds is 5. The van der Waals surface area contributed by atoms with Crippen molar-refractivity contribution < 1.29 is 22.1 Å². The van der Waals surface area contributed by atoms with Crippen LogP contribution in [0.25, 0.3) is 0 Å². The SMILES string of the molecule is C=CC(O)[P+](c1ccccc1)(c1ccccc1)c1ccccc1.[Br-]. The van der Waals surface area contributed by atoms with E-state index in [-0.39, 0.29) is 17.0 Å². The fourth-order valence-electron chi connectivity index (χ4n) is 3.05. The zero-order valence-corrected chi connectivity index (χ0v) is 15.8. The van der Waals surface area contributed by atoms with Crippen LogP contribution >= 0.6 is 7.26 Å². The first kappa shape index (κ1) is 18.6. The second kappa shape index (κ2) is 8.39. The van der Waals surface area contributed by atoms with Gasteiger partial charge in [-0.15, -0.1) is 0 Å². The molecular weight excluding hydrogens is 379 g/mol. The molecule has 0 fully saturated rings. The Morgan fingerprint density at radius 1 is 0.667 bits per heavy atom. The third kappa shape index (κ3) is 3.23. The zero-order valence-electron chi connectivity index (χ0n) is 13.3. The van der Waals surface area contributed by atoms with Crippen LogP contribution in [0, 0.1) is 0 Å². The van der Waals surface area contributed by atoms with E-state index in [0.717, 1.165) is 15.9 Å². The molecule has 24 heavy (non-hydrogen) atoms. The minimum Gasteiger partial charge on any atom is -1.00 e. The average molecular weight is 399 g/mol. The van der Waals surface area contributed by atoms with E-state index in [2.05, 4.69) is 43.0 Å². The Labute approximate surface area is 154 Å². The van der Waals surface area contributed by atoms with Crippen molar-refractivity contribution in [2.75, 3.05) is 0 Å². The fraction of sp³-hybridized carbons (Fsp3) is 0.0476. The molecule has 0 aliphatic rings. The van der Waals surface area contributed by atoms with Crippen LogP contribution in [-0.4, -0.2) is 11.0 Å². The van der Waals surface area contributed by atoms with Crippen LogP contribution in [0.2, 0.25) is 0 Å². The standard InChI is InChI=1S/C21H20OP.BrH/c1-2-21(22)23(18-12-6-3-7-13-18,19-14-8-4-9-15-19)20-16-10-5-11-17-20;/h2-17,21-22H,1H2;1H/q+1;/p-1. The predicted molar refractivity (Wildman–Crippen MR) is 101 cm³/mol. The second-order valence-corrected chi connectivity index (χ2v) is 8.90. The molecular formula is C21H20BrOP. The number of aliphatic hydroxyl groups excluding tert-OH is 1. The third-order valence-electron chi connectivity index (χ3n) is 4.10. The highest BCUT2D eigenvalue weighted by Gasteiger charge is 2.50. The molecule has 1 N–H and O–H groups in total. The quantitative estimate of drug-likeness (QED) is 0.489. The first-order chi connectivity index (χ1) is 11.3. The van der Waals surface area contributed by atoms with E-state index in [0.29, 0.717) is 0 Å². The molecule has 0 amide bonds. The Kier molecular flexibility index (Phi) is 6.51. The number of halogens is 1. The summed E-state index contributed by atoms with van der Waals surface area (Å²) in [6, 6.07) is 30.9. The first-order valence-electron chi connectivity index (χ1n) is 7.66. The Morgan fingerprint density at radius 2 is 0.958 bits per heavy atom. The summed E-state index contributed by atoms with van der Waals surface area (Å²) in [5.74, 6) is -0.630. The summed E-state index contributed by atoms with van der Waals surface area (Å²) in [5.41, 5.74) is 0. The topological polar surface area (TPSA) is 20.2 Å². The van der Waals surface area contributed by atoms with Crippen LogP contribution in [0.3, 0.4) is 0 Å². The fourth-order valence-corrected chi connectivity index (χ4v) is 7.11. The molecule has 0 aliphatic heterocycles. The maximum Gasteiger partial charge on any atom is 0.197 e. The molecule has 3 aromatic rings. The highest BCUT2D eigenvalue weighted by atomic mass is 79.9. The predicted octanol–water partition coefficient (Wildman–Crippen LogP) is 0.489. The van der Waals surface area contributed by atoms with Crippen molar-refractivity contribution in [1.29, 1.82) is 0 Å². The Hall–Kier alpha value is -1.73. The molecule has 1 atom stereocenters. The lowest BCUT2D eigenvalue weighted by molar-refractivity contribution is -0.00000552. The first-order valence-corrected chi connectivity index (χ1v) is 9.52. The van der Waals surface area contributed by atoms with E-state index in [1.54, 1.807) is 6.08 Å². The van der Waals surface area contributed by atoms with Gasteiger partial charge in [-0.3, -0.25) is 0 Å². The summed E-state index contributed by atoms with van der Waals surface area (Å²) in [6.07, 6.45) is 1.67. The van der Waals surface area contributed by atoms with Crippen LogP contribution in [0.15, 0.2) is 104 Å². The van der Waals surface area contributed by atoms with E-state index in [9.17, 15) is 5.11 Å². The number of benzene rings is 3. The Morgan fingerprint density at radius 3 is 1.21 bits per heavy atom. The summed E-state index contributed by atoms with van der Waals surface area (Å²) >= 11 is 0. The second-order valence-electron chi connectivity index (χ2n) is 5.38. The molecule has 0 saturated heterocycles. The van der Waals surface area contributed by atoms with Gasteiger partial charge >= 0.3 is 0 Å². The van der Waals surface area contributed by atoms with E-state index in [1.165, 1.54) is 0 Å². The lowest BCUT2D eigenvalue weighted by Crippen LogP contribution is -3.00. The third-order valence-corrected chi connectivity index (χ3v) is 8.44. The number of aliphatic hydroxyl groups is 1. The largest absolute Gasteiger partial charge is 1.00 e. The normalized spacial score (nSPS) is 12.0. The summed E-state index contributed by atoms with van der Waals surface area (Å²) in [7, 11) is -2.21. The summed E-state index contributed by atoms with van der Waals surface area (Å²) in [6.45, 7) is 3.88. The van der Waals surface area contributed by atoms with Gasteiger partial charge in [-0.25, -0.2) is 0 Å². The monoisotopic (exact) mass is 398 g/mol. The lowest BCUT2D eigenvalue weighted by Gasteiger charge is -2.30. The number of hydrogen-bond acceptors (Lipinski definition) is 1. The van der Waals surface area contributed by atoms with E-state index in [4.69, 9.17) is 0 Å². The molecule has 0 radical (unpaired) electrons. The summed E-state index contributed by atoms with van der Waals surface area (Å²) in [5, 5.41) is 14.5. The molecule has 0 spiro atoms. The minimum atomic E-state index is -2.21. The molecule has 3 aromatic carbocycles. The average Bonchev–Trinajstić information content (AvgIpc) is 2.65. The van der Waals surface area contributed by atoms with Gasteiger partial charge in [0.2, 0.25) is 0 Å². The summed E-state index contributed by atoms with van der Waals surface area (Å²) in [4.78, 5) is 0. The van der Waals surface area contributed by atoms with Gasteiger partial charge in [0.15, 0.2) is 5.85 Å². The molecule has 3 rings (SSSR count). The van der Waals surface area contributed by atoms with Crippen molar-refractivity contribution in [3.63, 3.8) is 0 Å². The van der Waals surface area contributed by atoms with Crippen molar-refractivity contribution >= 4 is 23.2 Å². The molecule has 0 aromatic heterocycles. The molecule has 122 valence electrons. The van der Waals surface area contributed by atoms with Gasteiger partial charge in [0, 0.05) is 0 Å². The maximum absolute atomic E-state index is 11.1. The highest BCUT2D eigenvalue weighted by Crippen LogP contribution is 2.59. The molecule has 0 aliphatic carbocycles. The highest BCUT2D eigenvalue weighted by molar-refractivity contribution is 7.96. The van der Waals surface area contributed by atoms with E-state index >= 15 is 0 Å². The van der Waals surface area contributed by atoms with Gasteiger partial charge < -0.3 is 22.1 Å². The smallest absolute Gasteiger partial charge is 0.197 e. The van der Waals surface area contributed by atoms with Gasteiger partial charge in [-0.05, 0) is 42.5 Å². The van der Waals surface area contributed by atoms with E-state index < -0.39 is 13.1 Å². The zero-order chi connectivity index (χ0) is 16.1. The molecule has 0 bridgehead atoms. The molecule has 3 heteroatoms. The minimum absolute atomic E-state index is 0. The van der Waals surface area contributed by atoms with Crippen LogP contribution in [0.1, 0.15) is 0 Å². The summed E-state index contributed by atoms with van der Waals surface area (Å²) < 4.78 is 0. The van der Waals surface area contributed by atoms with E-state index in [1.807, 2.05) is 54.6 Å².